The van der Waals surface area contributed by atoms with Crippen LogP contribution in [0.3, 0.4) is 0 Å². The van der Waals surface area contributed by atoms with Crippen molar-refractivity contribution >= 4 is 18.3 Å². The van der Waals surface area contributed by atoms with Gasteiger partial charge in [-0.3, -0.25) is 0 Å². The maximum Gasteiger partial charge on any atom is 0.150 e. The SMILES string of the molecule is Cc1cc([SH2+])ccc1NCCCCNC[C@@H]1CCCN1. The van der Waals surface area contributed by atoms with E-state index in [0.29, 0.717) is 6.04 Å². The van der Waals surface area contributed by atoms with Crippen LogP contribution >= 0.6 is 0 Å². The van der Waals surface area contributed by atoms with E-state index in [1.54, 1.807) is 0 Å². The lowest BCUT2D eigenvalue weighted by atomic mass is 10.2. The largest absolute Gasteiger partial charge is 0.385 e. The molecule has 1 fully saturated rings. The van der Waals surface area contributed by atoms with E-state index in [-0.39, 0.29) is 0 Å². The maximum atomic E-state index is 3.55. The first-order valence-corrected chi connectivity index (χ1v) is 8.26. The summed E-state index contributed by atoms with van der Waals surface area (Å²) < 4.78 is 0. The Labute approximate surface area is 128 Å². The molecule has 1 aliphatic heterocycles. The molecular formula is C16H28N3S+. The van der Waals surface area contributed by atoms with E-state index in [1.807, 2.05) is 0 Å². The van der Waals surface area contributed by atoms with Gasteiger partial charge in [0.1, 0.15) is 0 Å². The Kier molecular flexibility index (Phi) is 6.70. The Hall–Kier alpha value is -0.710. The summed E-state index contributed by atoms with van der Waals surface area (Å²) in [6.07, 6.45) is 5.11. The van der Waals surface area contributed by atoms with E-state index in [0.717, 1.165) is 24.5 Å². The third-order valence-electron chi connectivity index (χ3n) is 3.88. The summed E-state index contributed by atoms with van der Waals surface area (Å²) in [4.78, 5) is 1.14. The molecule has 0 amide bonds. The van der Waals surface area contributed by atoms with Crippen molar-refractivity contribution in [1.29, 1.82) is 0 Å². The van der Waals surface area contributed by atoms with Crippen molar-refractivity contribution in [1.82, 2.24) is 10.6 Å². The minimum atomic E-state index is 0.707. The number of rotatable bonds is 8. The average molecular weight is 294 g/mol. The number of hydrogen-bond acceptors (Lipinski definition) is 3. The molecular weight excluding hydrogens is 266 g/mol. The van der Waals surface area contributed by atoms with Crippen molar-refractivity contribution in [2.75, 3.05) is 31.5 Å². The van der Waals surface area contributed by atoms with E-state index in [2.05, 4.69) is 53.7 Å². The fourth-order valence-electron chi connectivity index (χ4n) is 2.67. The first-order chi connectivity index (χ1) is 9.75. The highest BCUT2D eigenvalue weighted by Gasteiger charge is 2.12. The summed E-state index contributed by atoms with van der Waals surface area (Å²) >= 11 is 3.54. The summed E-state index contributed by atoms with van der Waals surface area (Å²) in [6, 6.07) is 7.08. The van der Waals surface area contributed by atoms with E-state index in [4.69, 9.17) is 0 Å². The van der Waals surface area contributed by atoms with Crippen molar-refractivity contribution in [2.24, 2.45) is 0 Å². The Morgan fingerprint density at radius 3 is 2.90 bits per heavy atom. The molecule has 0 bridgehead atoms. The molecule has 1 aliphatic rings. The minimum Gasteiger partial charge on any atom is -0.385 e. The summed E-state index contributed by atoms with van der Waals surface area (Å²) in [6.45, 7) is 6.63. The molecule has 1 aromatic rings. The second kappa shape index (κ2) is 8.55. The quantitative estimate of drug-likeness (QED) is 0.506. The highest BCUT2D eigenvalue weighted by atomic mass is 32.1. The van der Waals surface area contributed by atoms with Crippen LogP contribution in [0.1, 0.15) is 31.2 Å². The molecule has 1 saturated heterocycles. The normalized spacial score (nSPS) is 18.4. The molecule has 3 N–H and O–H groups in total. The molecule has 3 nitrogen and oxygen atoms in total. The zero-order chi connectivity index (χ0) is 14.2. The molecule has 2 rings (SSSR count). The average Bonchev–Trinajstić information content (AvgIpc) is 2.93. The second-order valence-corrected chi connectivity index (χ2v) is 6.24. The van der Waals surface area contributed by atoms with Gasteiger partial charge < -0.3 is 16.0 Å². The first-order valence-electron chi connectivity index (χ1n) is 7.76. The molecule has 20 heavy (non-hydrogen) atoms. The zero-order valence-corrected chi connectivity index (χ0v) is 13.5. The second-order valence-electron chi connectivity index (χ2n) is 5.66. The molecule has 4 heteroatoms. The van der Waals surface area contributed by atoms with Crippen LogP contribution in [0, 0.1) is 6.92 Å². The van der Waals surface area contributed by atoms with Crippen LogP contribution in [0.5, 0.6) is 0 Å². The van der Waals surface area contributed by atoms with Gasteiger partial charge in [0.25, 0.3) is 0 Å². The monoisotopic (exact) mass is 294 g/mol. The predicted octanol–water partition coefficient (Wildman–Crippen LogP) is 1.90. The predicted molar refractivity (Wildman–Crippen MR) is 91.2 cm³/mol. The number of aryl methyl sites for hydroxylation is 1. The van der Waals surface area contributed by atoms with Crippen molar-refractivity contribution in [3.63, 3.8) is 0 Å². The molecule has 1 atom stereocenters. The highest BCUT2D eigenvalue weighted by molar-refractivity contribution is 7.58. The van der Waals surface area contributed by atoms with Crippen LogP contribution < -0.4 is 16.0 Å². The van der Waals surface area contributed by atoms with Crippen LogP contribution in [-0.2, 0) is 12.6 Å². The van der Waals surface area contributed by atoms with Crippen molar-refractivity contribution in [3.8, 4) is 0 Å². The molecule has 0 aliphatic carbocycles. The number of benzene rings is 1. The standard InChI is InChI=1S/C16H27N3S/c1-13-11-15(20)6-7-16(13)19-9-3-2-8-17-12-14-5-4-10-18-14/h6-7,11,14,17-20H,2-5,8-10,12H2,1H3/p+1/t14-/m0/s1. The van der Waals surface area contributed by atoms with Crippen LogP contribution in [0.15, 0.2) is 23.1 Å². The smallest absolute Gasteiger partial charge is 0.150 e. The lowest BCUT2D eigenvalue weighted by Crippen LogP contribution is -2.34. The van der Waals surface area contributed by atoms with E-state index in [9.17, 15) is 0 Å². The fourth-order valence-corrected chi connectivity index (χ4v) is 2.97. The van der Waals surface area contributed by atoms with Crippen molar-refractivity contribution in [3.05, 3.63) is 23.8 Å². The summed E-state index contributed by atoms with van der Waals surface area (Å²) in [7, 11) is 0. The van der Waals surface area contributed by atoms with Gasteiger partial charge in [0.2, 0.25) is 0 Å². The third kappa shape index (κ3) is 5.35. The molecule has 0 aromatic heterocycles. The van der Waals surface area contributed by atoms with Crippen LogP contribution in [-0.4, -0.2) is 32.2 Å². The van der Waals surface area contributed by atoms with Gasteiger partial charge in [-0.05, 0) is 82.1 Å². The Morgan fingerprint density at radius 1 is 1.30 bits per heavy atom. The molecule has 1 aromatic carbocycles. The summed E-state index contributed by atoms with van der Waals surface area (Å²) in [5.41, 5.74) is 2.54. The lowest BCUT2D eigenvalue weighted by Gasteiger charge is -2.12. The number of anilines is 1. The topological polar surface area (TPSA) is 36.1 Å². The van der Waals surface area contributed by atoms with Crippen LogP contribution in [0.25, 0.3) is 0 Å². The van der Waals surface area contributed by atoms with Gasteiger partial charge >= 0.3 is 0 Å². The Balaban J connectivity index is 1.50. The number of unbranched alkanes of at least 4 members (excludes halogenated alkanes) is 1. The van der Waals surface area contributed by atoms with Gasteiger partial charge in [0, 0.05) is 24.8 Å². The van der Waals surface area contributed by atoms with Gasteiger partial charge in [0.05, 0.1) is 0 Å². The fraction of sp³-hybridized carbons (Fsp3) is 0.625. The van der Waals surface area contributed by atoms with E-state index >= 15 is 0 Å². The van der Waals surface area contributed by atoms with Crippen LogP contribution in [0.4, 0.5) is 5.69 Å². The Bertz CT molecular complexity index is 403. The highest BCUT2D eigenvalue weighted by Crippen LogP contribution is 2.16. The van der Waals surface area contributed by atoms with Gasteiger partial charge in [-0.25, -0.2) is 0 Å². The van der Waals surface area contributed by atoms with Gasteiger partial charge in [-0.1, -0.05) is 0 Å². The van der Waals surface area contributed by atoms with Gasteiger partial charge in [-0.2, -0.15) is 0 Å². The van der Waals surface area contributed by atoms with Crippen molar-refractivity contribution in [2.45, 2.75) is 43.5 Å². The third-order valence-corrected chi connectivity index (χ3v) is 4.19. The lowest BCUT2D eigenvalue weighted by molar-refractivity contribution is 0.526. The minimum absolute atomic E-state index is 0.707. The van der Waals surface area contributed by atoms with Gasteiger partial charge in [0.15, 0.2) is 4.90 Å². The van der Waals surface area contributed by atoms with Crippen LogP contribution in [0.2, 0.25) is 0 Å². The first kappa shape index (κ1) is 15.7. The Morgan fingerprint density at radius 2 is 2.15 bits per heavy atom. The molecule has 1 heterocycles. The van der Waals surface area contributed by atoms with Crippen molar-refractivity contribution < 1.29 is 0 Å². The molecule has 112 valence electrons. The molecule has 0 unspecified atom stereocenters. The number of nitrogens with one attached hydrogen (secondary N) is 3. The maximum absolute atomic E-state index is 3.55. The zero-order valence-electron chi connectivity index (χ0n) is 12.5. The summed E-state index contributed by atoms with van der Waals surface area (Å²) in [5, 5.41) is 10.6. The molecule has 0 radical (unpaired) electrons. The van der Waals surface area contributed by atoms with Gasteiger partial charge in [-0.15, -0.1) is 0 Å². The molecule has 0 spiro atoms. The summed E-state index contributed by atoms with van der Waals surface area (Å²) in [5.74, 6) is 0. The van der Waals surface area contributed by atoms with E-state index < -0.39 is 0 Å². The molecule has 0 saturated carbocycles. The van der Waals surface area contributed by atoms with E-state index in [1.165, 1.54) is 43.5 Å². The number of hydrogen-bond donors (Lipinski definition) is 3.